The van der Waals surface area contributed by atoms with Crippen LogP contribution in [0.15, 0.2) is 34.9 Å². The maximum absolute atomic E-state index is 12.1. The van der Waals surface area contributed by atoms with Gasteiger partial charge in [-0.3, -0.25) is 4.79 Å². The minimum absolute atomic E-state index is 0.176. The lowest BCUT2D eigenvalue weighted by molar-refractivity contribution is 0.0945. The van der Waals surface area contributed by atoms with Gasteiger partial charge in [0.2, 0.25) is 0 Å². The first-order valence-corrected chi connectivity index (χ1v) is 9.82. The van der Waals surface area contributed by atoms with E-state index < -0.39 is 0 Å². The Balaban J connectivity index is 1.78. The molecule has 0 aliphatic heterocycles. The van der Waals surface area contributed by atoms with Crippen LogP contribution in [0.3, 0.4) is 0 Å². The van der Waals surface area contributed by atoms with Crippen LogP contribution in [-0.4, -0.2) is 46.8 Å². The summed E-state index contributed by atoms with van der Waals surface area (Å²) in [6.07, 6.45) is 2.62. The Morgan fingerprint density at radius 2 is 2.12 bits per heavy atom. The van der Waals surface area contributed by atoms with Crippen LogP contribution in [0.2, 0.25) is 5.02 Å². The summed E-state index contributed by atoms with van der Waals surface area (Å²) in [5.74, 6) is 0.387. The van der Waals surface area contributed by atoms with Crippen molar-refractivity contribution in [3.8, 4) is 5.75 Å². The maximum atomic E-state index is 12.1. The van der Waals surface area contributed by atoms with Crippen molar-refractivity contribution >= 4 is 33.4 Å². The number of aromatic nitrogens is 2. The summed E-state index contributed by atoms with van der Waals surface area (Å²) in [5, 5.41) is 7.64. The first-order valence-electron chi connectivity index (χ1n) is 8.65. The van der Waals surface area contributed by atoms with Crippen molar-refractivity contribution in [1.29, 1.82) is 0 Å². The van der Waals surface area contributed by atoms with Gasteiger partial charge in [0.25, 0.3) is 5.91 Å². The van der Waals surface area contributed by atoms with E-state index in [-0.39, 0.29) is 12.6 Å². The Hall–Kier alpha value is -1.57. The molecule has 1 N–H and O–H groups in total. The summed E-state index contributed by atoms with van der Waals surface area (Å²) >= 11 is 9.46. The monoisotopic (exact) mass is 442 g/mol. The predicted octanol–water partition coefficient (Wildman–Crippen LogP) is 3.80. The molecule has 6 nitrogen and oxygen atoms in total. The van der Waals surface area contributed by atoms with E-state index in [1.54, 1.807) is 29.1 Å². The van der Waals surface area contributed by atoms with Gasteiger partial charge in [-0.1, -0.05) is 41.4 Å². The van der Waals surface area contributed by atoms with E-state index in [0.29, 0.717) is 23.0 Å². The molecule has 26 heavy (non-hydrogen) atoms. The van der Waals surface area contributed by atoms with Crippen LogP contribution in [0.25, 0.3) is 0 Å². The standard InChI is InChI=1S/C18H24BrClN4O2/c1-3-23(4-2)10-5-9-21-18(25)16-8-11-24(22-16)13-26-17-7-6-14(19)12-15(17)20/h6-8,11-12H,3-5,9-10,13H2,1-2H3,(H,21,25). The van der Waals surface area contributed by atoms with Gasteiger partial charge >= 0.3 is 0 Å². The molecule has 0 fully saturated rings. The highest BCUT2D eigenvalue weighted by molar-refractivity contribution is 9.10. The van der Waals surface area contributed by atoms with Crippen molar-refractivity contribution in [2.75, 3.05) is 26.2 Å². The fourth-order valence-electron chi connectivity index (χ4n) is 2.42. The van der Waals surface area contributed by atoms with E-state index in [1.165, 1.54) is 0 Å². The highest BCUT2D eigenvalue weighted by Crippen LogP contribution is 2.27. The Morgan fingerprint density at radius 1 is 1.35 bits per heavy atom. The van der Waals surface area contributed by atoms with Crippen molar-refractivity contribution in [2.24, 2.45) is 0 Å². The van der Waals surface area contributed by atoms with Crippen LogP contribution in [0.1, 0.15) is 30.8 Å². The second-order valence-electron chi connectivity index (χ2n) is 5.72. The van der Waals surface area contributed by atoms with Crippen molar-refractivity contribution in [3.05, 3.63) is 45.7 Å². The summed E-state index contributed by atoms with van der Waals surface area (Å²) in [5.41, 5.74) is 0.373. The number of nitrogens with one attached hydrogen (secondary N) is 1. The summed E-state index contributed by atoms with van der Waals surface area (Å²) < 4.78 is 8.07. The minimum atomic E-state index is -0.176. The van der Waals surface area contributed by atoms with Crippen molar-refractivity contribution in [1.82, 2.24) is 20.0 Å². The number of amides is 1. The molecule has 0 atom stereocenters. The molecular formula is C18H24BrClN4O2. The van der Waals surface area contributed by atoms with Crippen LogP contribution >= 0.6 is 27.5 Å². The summed E-state index contributed by atoms with van der Waals surface area (Å²) in [4.78, 5) is 14.5. The molecule has 0 unspecified atom stereocenters. The molecule has 2 aromatic rings. The zero-order valence-electron chi connectivity index (χ0n) is 15.0. The summed E-state index contributed by atoms with van der Waals surface area (Å²) in [6, 6.07) is 7.06. The minimum Gasteiger partial charge on any atom is -0.470 e. The molecule has 0 aliphatic carbocycles. The molecule has 1 aromatic carbocycles. The Bertz CT molecular complexity index is 719. The highest BCUT2D eigenvalue weighted by atomic mass is 79.9. The lowest BCUT2D eigenvalue weighted by Crippen LogP contribution is -2.30. The third-order valence-electron chi connectivity index (χ3n) is 3.95. The Kier molecular flexibility index (Phi) is 8.41. The van der Waals surface area contributed by atoms with Gasteiger partial charge in [-0.2, -0.15) is 5.10 Å². The fourth-order valence-corrected chi connectivity index (χ4v) is 3.15. The molecule has 1 aromatic heterocycles. The molecule has 0 bridgehead atoms. The van der Waals surface area contributed by atoms with E-state index in [2.05, 4.69) is 45.1 Å². The van der Waals surface area contributed by atoms with Crippen LogP contribution in [0.4, 0.5) is 0 Å². The number of benzene rings is 1. The molecular weight excluding hydrogens is 420 g/mol. The first-order chi connectivity index (χ1) is 12.5. The summed E-state index contributed by atoms with van der Waals surface area (Å²) in [6.45, 7) is 8.11. The van der Waals surface area contributed by atoms with Gasteiger partial charge < -0.3 is 15.0 Å². The van der Waals surface area contributed by atoms with Gasteiger partial charge in [0.05, 0.1) is 5.02 Å². The molecule has 0 saturated carbocycles. The van der Waals surface area contributed by atoms with Crippen LogP contribution in [0.5, 0.6) is 5.75 Å². The van der Waals surface area contributed by atoms with E-state index in [4.69, 9.17) is 16.3 Å². The van der Waals surface area contributed by atoms with E-state index >= 15 is 0 Å². The highest BCUT2D eigenvalue weighted by Gasteiger charge is 2.10. The van der Waals surface area contributed by atoms with Gasteiger partial charge in [-0.15, -0.1) is 0 Å². The normalized spacial score (nSPS) is 11.0. The van der Waals surface area contributed by atoms with Gasteiger partial charge in [0.15, 0.2) is 6.73 Å². The number of carbonyl (C=O) groups excluding carboxylic acids is 1. The van der Waals surface area contributed by atoms with Crippen LogP contribution in [-0.2, 0) is 6.73 Å². The van der Waals surface area contributed by atoms with Crippen LogP contribution in [0, 0.1) is 0 Å². The molecule has 0 radical (unpaired) electrons. The molecule has 2 rings (SSSR count). The largest absolute Gasteiger partial charge is 0.470 e. The second-order valence-corrected chi connectivity index (χ2v) is 7.05. The van der Waals surface area contributed by atoms with E-state index in [9.17, 15) is 4.79 Å². The zero-order valence-corrected chi connectivity index (χ0v) is 17.4. The van der Waals surface area contributed by atoms with Crippen molar-refractivity contribution in [2.45, 2.75) is 27.0 Å². The molecule has 142 valence electrons. The molecule has 0 saturated heterocycles. The molecule has 0 aliphatic rings. The van der Waals surface area contributed by atoms with Crippen molar-refractivity contribution < 1.29 is 9.53 Å². The van der Waals surface area contributed by atoms with Gasteiger partial charge in [0.1, 0.15) is 11.4 Å². The lowest BCUT2D eigenvalue weighted by Gasteiger charge is -2.17. The molecule has 0 spiro atoms. The van der Waals surface area contributed by atoms with Gasteiger partial charge in [-0.25, -0.2) is 4.68 Å². The number of rotatable bonds is 10. The molecule has 8 heteroatoms. The first kappa shape index (κ1) is 20.7. The quantitative estimate of drug-likeness (QED) is 0.568. The Morgan fingerprint density at radius 3 is 2.81 bits per heavy atom. The van der Waals surface area contributed by atoms with E-state index in [1.807, 2.05) is 6.07 Å². The maximum Gasteiger partial charge on any atom is 0.271 e. The third-order valence-corrected chi connectivity index (χ3v) is 4.74. The molecule has 1 amide bonds. The SMILES string of the molecule is CCN(CC)CCCNC(=O)c1ccn(COc2ccc(Br)cc2Cl)n1. The predicted molar refractivity (Wildman–Crippen MR) is 107 cm³/mol. The Labute approximate surface area is 167 Å². The second kappa shape index (κ2) is 10.5. The number of carbonyl (C=O) groups is 1. The van der Waals surface area contributed by atoms with E-state index in [0.717, 1.165) is 30.5 Å². The number of ether oxygens (including phenoxy) is 1. The van der Waals surface area contributed by atoms with Gasteiger partial charge in [-0.05, 0) is 50.3 Å². The smallest absolute Gasteiger partial charge is 0.271 e. The van der Waals surface area contributed by atoms with Crippen molar-refractivity contribution in [3.63, 3.8) is 0 Å². The zero-order chi connectivity index (χ0) is 18.9. The average molecular weight is 444 g/mol. The lowest BCUT2D eigenvalue weighted by atomic mass is 10.3. The average Bonchev–Trinajstić information content (AvgIpc) is 3.10. The number of nitrogens with zero attached hydrogens (tertiary/aromatic N) is 3. The number of halogens is 2. The fraction of sp³-hybridized carbons (Fsp3) is 0.444. The summed E-state index contributed by atoms with van der Waals surface area (Å²) in [7, 11) is 0. The topological polar surface area (TPSA) is 59.4 Å². The number of hydrogen-bond donors (Lipinski definition) is 1. The van der Waals surface area contributed by atoms with Gasteiger partial charge in [0, 0.05) is 17.2 Å². The van der Waals surface area contributed by atoms with Crippen LogP contribution < -0.4 is 10.1 Å². The third kappa shape index (κ3) is 6.30. The number of hydrogen-bond acceptors (Lipinski definition) is 4. The molecule has 1 heterocycles.